The van der Waals surface area contributed by atoms with Crippen LogP contribution in [0.15, 0.2) is 48.5 Å². The molecule has 4 heteroatoms. The zero-order chi connectivity index (χ0) is 21.4. The van der Waals surface area contributed by atoms with Gasteiger partial charge in [0.25, 0.3) is 0 Å². The van der Waals surface area contributed by atoms with Crippen molar-refractivity contribution in [2.24, 2.45) is 5.92 Å². The van der Waals surface area contributed by atoms with Gasteiger partial charge in [-0.15, -0.1) is 0 Å². The summed E-state index contributed by atoms with van der Waals surface area (Å²) < 4.78 is 0. The van der Waals surface area contributed by atoms with Crippen molar-refractivity contribution in [3.8, 4) is 0 Å². The maximum atomic E-state index is 13.3. The van der Waals surface area contributed by atoms with Gasteiger partial charge < -0.3 is 10.2 Å². The molecule has 156 valence electrons. The van der Waals surface area contributed by atoms with Gasteiger partial charge in [-0.2, -0.15) is 0 Å². The second-order valence-corrected chi connectivity index (χ2v) is 8.17. The molecule has 2 aromatic rings. The topological polar surface area (TPSA) is 49.4 Å². The lowest BCUT2D eigenvalue weighted by molar-refractivity contribution is -0.141. The molecule has 0 radical (unpaired) electrons. The fraction of sp³-hybridized carbons (Fsp3) is 0.440. The molecule has 0 saturated carbocycles. The second kappa shape index (κ2) is 10.8. The minimum absolute atomic E-state index is 0.0218. The quantitative estimate of drug-likeness (QED) is 0.684. The predicted octanol–water partition coefficient (Wildman–Crippen LogP) is 4.43. The van der Waals surface area contributed by atoms with Gasteiger partial charge in [0.1, 0.15) is 6.04 Å². The molecular weight excluding hydrogens is 360 g/mol. The lowest BCUT2D eigenvalue weighted by atomic mass is 10.0. The molecule has 0 aliphatic carbocycles. The first kappa shape index (κ1) is 22.7. The predicted molar refractivity (Wildman–Crippen MR) is 119 cm³/mol. The van der Waals surface area contributed by atoms with Gasteiger partial charge >= 0.3 is 0 Å². The molecule has 2 amide bonds. The normalized spacial score (nSPS) is 11.9. The van der Waals surface area contributed by atoms with Gasteiger partial charge in [-0.25, -0.2) is 0 Å². The number of carbonyl (C=O) groups excluding carboxylic acids is 2. The molecule has 2 rings (SSSR count). The molecule has 29 heavy (non-hydrogen) atoms. The Kier molecular flexibility index (Phi) is 8.44. The highest BCUT2D eigenvalue weighted by Crippen LogP contribution is 2.17. The third-order valence-electron chi connectivity index (χ3n) is 5.15. The van der Waals surface area contributed by atoms with Crippen LogP contribution in [-0.4, -0.2) is 29.3 Å². The Labute approximate surface area is 175 Å². The van der Waals surface area contributed by atoms with Crippen LogP contribution < -0.4 is 5.32 Å². The van der Waals surface area contributed by atoms with E-state index in [9.17, 15) is 9.59 Å². The minimum Gasteiger partial charge on any atom is -0.354 e. The summed E-state index contributed by atoms with van der Waals surface area (Å²) in [7, 11) is 0. The summed E-state index contributed by atoms with van der Waals surface area (Å²) >= 11 is 0. The summed E-state index contributed by atoms with van der Waals surface area (Å²) in [6.07, 6.45) is 0.877. The van der Waals surface area contributed by atoms with E-state index in [4.69, 9.17) is 0 Å². The maximum Gasteiger partial charge on any atom is 0.242 e. The highest BCUT2D eigenvalue weighted by molar-refractivity contribution is 5.88. The van der Waals surface area contributed by atoms with Crippen molar-refractivity contribution in [3.05, 3.63) is 70.8 Å². The van der Waals surface area contributed by atoms with E-state index in [2.05, 4.69) is 19.2 Å². The van der Waals surface area contributed by atoms with Crippen molar-refractivity contribution < 1.29 is 9.59 Å². The van der Waals surface area contributed by atoms with Gasteiger partial charge in [-0.3, -0.25) is 9.59 Å². The van der Waals surface area contributed by atoms with Gasteiger partial charge in [0.05, 0.1) is 6.42 Å². The minimum atomic E-state index is -0.480. The van der Waals surface area contributed by atoms with Crippen LogP contribution in [0.1, 0.15) is 49.4 Å². The standard InChI is InChI=1S/C25H34N2O2/c1-6-23(25(29)26-16-18(2)3)27(17-21-13-11-19(4)12-14-21)24(28)15-22-10-8-7-9-20(22)5/h7-14,18,23H,6,15-17H2,1-5H3,(H,26,29). The van der Waals surface area contributed by atoms with Crippen LogP contribution in [0.5, 0.6) is 0 Å². The maximum absolute atomic E-state index is 13.3. The Hall–Kier alpha value is -2.62. The Morgan fingerprint density at radius 1 is 1.00 bits per heavy atom. The number of aryl methyl sites for hydroxylation is 2. The smallest absolute Gasteiger partial charge is 0.242 e. The molecule has 0 heterocycles. The van der Waals surface area contributed by atoms with Crippen LogP contribution >= 0.6 is 0 Å². The Morgan fingerprint density at radius 3 is 2.24 bits per heavy atom. The average molecular weight is 395 g/mol. The Bertz CT molecular complexity index is 812. The van der Waals surface area contributed by atoms with Gasteiger partial charge in [0.2, 0.25) is 11.8 Å². The van der Waals surface area contributed by atoms with Gasteiger partial charge in [-0.05, 0) is 42.9 Å². The van der Waals surface area contributed by atoms with Crippen molar-refractivity contribution in [1.29, 1.82) is 0 Å². The number of hydrogen-bond acceptors (Lipinski definition) is 2. The fourth-order valence-corrected chi connectivity index (χ4v) is 3.31. The van der Waals surface area contributed by atoms with E-state index in [1.807, 2.05) is 69.3 Å². The molecule has 0 saturated heterocycles. The molecule has 1 unspecified atom stereocenters. The van der Waals surface area contributed by atoms with Crippen LogP contribution in [0.4, 0.5) is 0 Å². The van der Waals surface area contributed by atoms with Gasteiger partial charge in [0.15, 0.2) is 0 Å². The monoisotopic (exact) mass is 394 g/mol. The van der Waals surface area contributed by atoms with Crippen molar-refractivity contribution in [1.82, 2.24) is 10.2 Å². The molecular formula is C25H34N2O2. The molecule has 4 nitrogen and oxygen atoms in total. The molecule has 2 aromatic carbocycles. The van der Waals surface area contributed by atoms with Crippen LogP contribution in [0.25, 0.3) is 0 Å². The van der Waals surface area contributed by atoms with Crippen LogP contribution in [-0.2, 0) is 22.6 Å². The lowest BCUT2D eigenvalue weighted by Crippen LogP contribution is -2.50. The SMILES string of the molecule is CCC(C(=O)NCC(C)C)N(Cc1ccc(C)cc1)C(=O)Cc1ccccc1C. The molecule has 1 atom stereocenters. The molecule has 0 fully saturated rings. The van der Waals surface area contributed by atoms with E-state index < -0.39 is 6.04 Å². The van der Waals surface area contributed by atoms with Crippen molar-refractivity contribution in [2.75, 3.05) is 6.54 Å². The number of hydrogen-bond donors (Lipinski definition) is 1. The summed E-state index contributed by atoms with van der Waals surface area (Å²) in [6.45, 7) is 11.2. The third-order valence-corrected chi connectivity index (χ3v) is 5.15. The zero-order valence-corrected chi connectivity index (χ0v) is 18.4. The first-order chi connectivity index (χ1) is 13.8. The molecule has 0 bridgehead atoms. The summed E-state index contributed by atoms with van der Waals surface area (Å²) in [4.78, 5) is 28.0. The highest BCUT2D eigenvalue weighted by Gasteiger charge is 2.28. The molecule has 0 spiro atoms. The lowest BCUT2D eigenvalue weighted by Gasteiger charge is -2.31. The van der Waals surface area contributed by atoms with Crippen LogP contribution in [0.2, 0.25) is 0 Å². The number of nitrogens with zero attached hydrogens (tertiary/aromatic N) is 1. The summed E-state index contributed by atoms with van der Waals surface area (Å²) in [5, 5.41) is 3.01. The van der Waals surface area contributed by atoms with Crippen molar-refractivity contribution in [2.45, 2.75) is 60.0 Å². The van der Waals surface area contributed by atoms with Gasteiger partial charge in [-0.1, -0.05) is 74.9 Å². The van der Waals surface area contributed by atoms with Crippen molar-refractivity contribution in [3.63, 3.8) is 0 Å². The first-order valence-corrected chi connectivity index (χ1v) is 10.5. The summed E-state index contributed by atoms with van der Waals surface area (Å²) in [5.74, 6) is 0.266. The van der Waals surface area contributed by atoms with E-state index in [-0.39, 0.29) is 11.8 Å². The summed E-state index contributed by atoms with van der Waals surface area (Å²) in [5.41, 5.74) is 4.30. The first-order valence-electron chi connectivity index (χ1n) is 10.5. The second-order valence-electron chi connectivity index (χ2n) is 8.17. The Morgan fingerprint density at radius 2 is 1.66 bits per heavy atom. The highest BCUT2D eigenvalue weighted by atomic mass is 16.2. The van der Waals surface area contributed by atoms with E-state index in [1.165, 1.54) is 5.56 Å². The van der Waals surface area contributed by atoms with Crippen LogP contribution in [0, 0.1) is 19.8 Å². The largest absolute Gasteiger partial charge is 0.354 e. The van der Waals surface area contributed by atoms with E-state index in [0.717, 1.165) is 16.7 Å². The summed E-state index contributed by atoms with van der Waals surface area (Å²) in [6, 6.07) is 15.6. The molecule has 0 aliphatic heterocycles. The average Bonchev–Trinajstić information content (AvgIpc) is 2.69. The number of benzene rings is 2. The molecule has 0 aliphatic rings. The van der Waals surface area contributed by atoms with E-state index in [0.29, 0.717) is 31.8 Å². The van der Waals surface area contributed by atoms with Crippen molar-refractivity contribution >= 4 is 11.8 Å². The van der Waals surface area contributed by atoms with E-state index in [1.54, 1.807) is 4.90 Å². The third kappa shape index (κ3) is 6.74. The van der Waals surface area contributed by atoms with E-state index >= 15 is 0 Å². The Balaban J connectivity index is 2.27. The number of nitrogens with one attached hydrogen (secondary N) is 1. The number of carbonyl (C=O) groups is 2. The number of rotatable bonds is 9. The number of amides is 2. The molecule has 1 N–H and O–H groups in total. The molecule has 0 aromatic heterocycles. The van der Waals surface area contributed by atoms with Gasteiger partial charge in [0, 0.05) is 13.1 Å². The van der Waals surface area contributed by atoms with Crippen LogP contribution in [0.3, 0.4) is 0 Å². The fourth-order valence-electron chi connectivity index (χ4n) is 3.31. The zero-order valence-electron chi connectivity index (χ0n) is 18.4.